The fourth-order valence-corrected chi connectivity index (χ4v) is 3.25. The molecule has 0 spiro atoms. The van der Waals surface area contributed by atoms with Crippen molar-refractivity contribution in [3.63, 3.8) is 0 Å². The van der Waals surface area contributed by atoms with E-state index in [1.165, 1.54) is 4.90 Å². The number of imide groups is 1. The second-order valence-electron chi connectivity index (χ2n) is 9.34. The zero-order chi connectivity index (χ0) is 21.1. The molecule has 0 radical (unpaired) electrons. The third-order valence-corrected chi connectivity index (χ3v) is 4.65. The second kappa shape index (κ2) is 8.33. The Morgan fingerprint density at radius 3 is 2.29 bits per heavy atom. The smallest absolute Gasteiger partial charge is 0.416 e. The van der Waals surface area contributed by atoms with Crippen LogP contribution >= 0.6 is 0 Å². The Kier molecular flexibility index (Phi) is 6.52. The van der Waals surface area contributed by atoms with Crippen molar-refractivity contribution in [1.82, 2.24) is 4.90 Å². The molecule has 28 heavy (non-hydrogen) atoms. The summed E-state index contributed by atoms with van der Waals surface area (Å²) in [6.07, 6.45) is -0.215. The number of benzene rings is 1. The molecule has 1 saturated heterocycles. The Balaban J connectivity index is 2.21. The minimum absolute atomic E-state index is 0.0819. The van der Waals surface area contributed by atoms with E-state index in [0.717, 1.165) is 5.56 Å². The molecule has 2 atom stereocenters. The molecule has 0 bridgehead atoms. The number of esters is 1. The number of hydrogen-bond donors (Lipinski definition) is 0. The largest absolute Gasteiger partial charge is 0.460 e. The van der Waals surface area contributed by atoms with Crippen molar-refractivity contribution < 1.29 is 23.9 Å². The molecule has 0 unspecified atom stereocenters. The van der Waals surface area contributed by atoms with Crippen LogP contribution in [0.3, 0.4) is 0 Å². The highest BCUT2D eigenvalue weighted by Crippen LogP contribution is 2.33. The average molecular weight is 389 g/mol. The summed E-state index contributed by atoms with van der Waals surface area (Å²) in [7, 11) is 0. The van der Waals surface area contributed by atoms with E-state index < -0.39 is 29.0 Å². The van der Waals surface area contributed by atoms with E-state index in [1.807, 2.05) is 51.1 Å². The summed E-state index contributed by atoms with van der Waals surface area (Å²) in [5.41, 5.74) is -0.137. The molecular formula is C22H31NO5. The van der Waals surface area contributed by atoms with Crippen molar-refractivity contribution >= 4 is 18.0 Å². The molecular weight excluding hydrogens is 358 g/mol. The SMILES string of the molecule is CC(C)(C)OC(=O)C[C@@H](C(=O)N1C(=O)OC[C@@H]1Cc1ccccc1)C(C)(C)C. The van der Waals surface area contributed by atoms with Crippen molar-refractivity contribution in [2.75, 3.05) is 6.61 Å². The van der Waals surface area contributed by atoms with Gasteiger partial charge < -0.3 is 9.47 Å². The molecule has 1 heterocycles. The van der Waals surface area contributed by atoms with Crippen LogP contribution in [0.4, 0.5) is 4.79 Å². The van der Waals surface area contributed by atoms with E-state index in [9.17, 15) is 14.4 Å². The summed E-state index contributed by atoms with van der Waals surface area (Å²) in [5, 5.41) is 0. The molecule has 0 aliphatic carbocycles. The van der Waals surface area contributed by atoms with E-state index in [1.54, 1.807) is 20.8 Å². The molecule has 6 heteroatoms. The van der Waals surface area contributed by atoms with Gasteiger partial charge in [0.05, 0.1) is 18.4 Å². The Labute approximate surface area is 167 Å². The number of ether oxygens (including phenoxy) is 2. The zero-order valence-electron chi connectivity index (χ0n) is 17.7. The lowest BCUT2D eigenvalue weighted by atomic mass is 9.77. The van der Waals surface area contributed by atoms with Crippen LogP contribution in [0.5, 0.6) is 0 Å². The van der Waals surface area contributed by atoms with E-state index in [0.29, 0.717) is 6.42 Å². The average Bonchev–Trinajstić information content (AvgIpc) is 2.91. The minimum atomic E-state index is -0.689. The molecule has 0 aromatic heterocycles. The summed E-state index contributed by atoms with van der Waals surface area (Å²) < 4.78 is 10.6. The first-order valence-electron chi connectivity index (χ1n) is 9.64. The van der Waals surface area contributed by atoms with Gasteiger partial charge in [-0.3, -0.25) is 9.59 Å². The van der Waals surface area contributed by atoms with Gasteiger partial charge >= 0.3 is 12.1 Å². The molecule has 6 nitrogen and oxygen atoms in total. The number of cyclic esters (lactones) is 1. The number of rotatable bonds is 5. The molecule has 154 valence electrons. The molecule has 1 fully saturated rings. The standard InChI is InChI=1S/C22H31NO5/c1-21(2,3)17(13-18(24)28-22(4,5)6)19(25)23-16(14-27-20(23)26)12-15-10-8-7-9-11-15/h7-11,16-17H,12-14H2,1-6H3/t16-,17-/m0/s1. The van der Waals surface area contributed by atoms with Gasteiger partial charge in [-0.05, 0) is 38.2 Å². The van der Waals surface area contributed by atoms with Gasteiger partial charge in [0.15, 0.2) is 0 Å². The van der Waals surface area contributed by atoms with Gasteiger partial charge in [-0.1, -0.05) is 51.1 Å². The van der Waals surface area contributed by atoms with Gasteiger partial charge in [0.1, 0.15) is 12.2 Å². The van der Waals surface area contributed by atoms with Gasteiger partial charge in [0.2, 0.25) is 5.91 Å². The molecule has 2 amide bonds. The van der Waals surface area contributed by atoms with E-state index in [4.69, 9.17) is 9.47 Å². The summed E-state index contributed by atoms with van der Waals surface area (Å²) in [6, 6.07) is 9.27. The highest BCUT2D eigenvalue weighted by molar-refractivity contribution is 5.96. The zero-order valence-corrected chi connectivity index (χ0v) is 17.7. The number of hydrogen-bond acceptors (Lipinski definition) is 5. The van der Waals surface area contributed by atoms with Crippen molar-refractivity contribution in [2.45, 2.75) is 66.0 Å². The summed E-state index contributed by atoms with van der Waals surface area (Å²) in [6.45, 7) is 11.2. The molecule has 1 aliphatic heterocycles. The Hall–Kier alpha value is -2.37. The minimum Gasteiger partial charge on any atom is -0.460 e. The number of carbonyl (C=O) groups excluding carboxylic acids is 3. The normalized spacial score (nSPS) is 18.6. The molecule has 0 saturated carbocycles. The van der Waals surface area contributed by atoms with Crippen LogP contribution < -0.4 is 0 Å². The van der Waals surface area contributed by atoms with Crippen LogP contribution in [-0.2, 0) is 25.5 Å². The first kappa shape index (κ1) is 21.9. The lowest BCUT2D eigenvalue weighted by Gasteiger charge is -2.33. The second-order valence-corrected chi connectivity index (χ2v) is 9.34. The van der Waals surface area contributed by atoms with Crippen molar-refractivity contribution in [3.8, 4) is 0 Å². The maximum atomic E-state index is 13.3. The van der Waals surface area contributed by atoms with Gasteiger partial charge in [-0.25, -0.2) is 9.69 Å². The van der Waals surface area contributed by atoms with Crippen LogP contribution in [-0.4, -0.2) is 41.1 Å². The van der Waals surface area contributed by atoms with Crippen molar-refractivity contribution in [2.24, 2.45) is 11.3 Å². The molecule has 2 rings (SSSR count). The van der Waals surface area contributed by atoms with Gasteiger partial charge in [0.25, 0.3) is 0 Å². The first-order chi connectivity index (χ1) is 12.9. The predicted molar refractivity (Wildman–Crippen MR) is 106 cm³/mol. The highest BCUT2D eigenvalue weighted by atomic mass is 16.6. The maximum absolute atomic E-state index is 13.3. The summed E-state index contributed by atoms with van der Waals surface area (Å²) in [4.78, 5) is 39.2. The Morgan fingerprint density at radius 1 is 1.14 bits per heavy atom. The van der Waals surface area contributed by atoms with Crippen LogP contribution in [0.1, 0.15) is 53.5 Å². The Bertz CT molecular complexity index is 715. The lowest BCUT2D eigenvalue weighted by molar-refractivity contribution is -0.160. The van der Waals surface area contributed by atoms with Crippen molar-refractivity contribution in [1.29, 1.82) is 0 Å². The topological polar surface area (TPSA) is 72.9 Å². The fourth-order valence-electron chi connectivity index (χ4n) is 3.25. The molecule has 1 aromatic carbocycles. The monoisotopic (exact) mass is 389 g/mol. The Morgan fingerprint density at radius 2 is 1.75 bits per heavy atom. The van der Waals surface area contributed by atoms with Crippen LogP contribution in [0, 0.1) is 11.3 Å². The predicted octanol–water partition coefficient (Wildman–Crippen LogP) is 3.97. The van der Waals surface area contributed by atoms with Crippen LogP contribution in [0.25, 0.3) is 0 Å². The van der Waals surface area contributed by atoms with Gasteiger partial charge in [0, 0.05) is 0 Å². The highest BCUT2D eigenvalue weighted by Gasteiger charge is 2.45. The third kappa shape index (κ3) is 5.81. The van der Waals surface area contributed by atoms with Gasteiger partial charge in [-0.15, -0.1) is 0 Å². The van der Waals surface area contributed by atoms with Crippen LogP contribution in [0.15, 0.2) is 30.3 Å². The number of nitrogens with zero attached hydrogens (tertiary/aromatic N) is 1. The number of amides is 2. The first-order valence-corrected chi connectivity index (χ1v) is 9.64. The van der Waals surface area contributed by atoms with E-state index >= 15 is 0 Å². The number of carbonyl (C=O) groups is 3. The molecule has 1 aliphatic rings. The fraction of sp³-hybridized carbons (Fsp3) is 0.591. The quantitative estimate of drug-likeness (QED) is 0.713. The van der Waals surface area contributed by atoms with Crippen molar-refractivity contribution in [3.05, 3.63) is 35.9 Å². The van der Waals surface area contributed by atoms with Crippen LogP contribution in [0.2, 0.25) is 0 Å². The molecule has 0 N–H and O–H groups in total. The molecule has 1 aromatic rings. The third-order valence-electron chi connectivity index (χ3n) is 4.65. The lowest BCUT2D eigenvalue weighted by Crippen LogP contribution is -2.47. The summed E-state index contributed by atoms with van der Waals surface area (Å²) >= 11 is 0. The van der Waals surface area contributed by atoms with E-state index in [-0.39, 0.29) is 25.0 Å². The summed E-state index contributed by atoms with van der Waals surface area (Å²) in [5.74, 6) is -1.53. The van der Waals surface area contributed by atoms with Gasteiger partial charge in [-0.2, -0.15) is 0 Å². The van der Waals surface area contributed by atoms with E-state index in [2.05, 4.69) is 0 Å². The maximum Gasteiger partial charge on any atom is 0.416 e.